The summed E-state index contributed by atoms with van der Waals surface area (Å²) in [5, 5.41) is 5.47. The molecule has 0 atom stereocenters. The lowest BCUT2D eigenvalue weighted by Gasteiger charge is -1.94. The van der Waals surface area contributed by atoms with Crippen molar-refractivity contribution in [1.29, 1.82) is 0 Å². The van der Waals surface area contributed by atoms with Crippen molar-refractivity contribution in [1.82, 2.24) is 0 Å². The van der Waals surface area contributed by atoms with Crippen molar-refractivity contribution in [3.63, 3.8) is 0 Å². The van der Waals surface area contributed by atoms with E-state index in [1.807, 2.05) is 18.2 Å². The van der Waals surface area contributed by atoms with E-state index in [-0.39, 0.29) is 0 Å². The zero-order valence-corrected chi connectivity index (χ0v) is 8.57. The van der Waals surface area contributed by atoms with Gasteiger partial charge in [0, 0.05) is 4.88 Å². The van der Waals surface area contributed by atoms with E-state index in [1.54, 1.807) is 11.3 Å². The lowest BCUT2D eigenvalue weighted by Crippen LogP contribution is -1.70. The van der Waals surface area contributed by atoms with Crippen LogP contribution in [0.1, 0.15) is 0 Å². The first kappa shape index (κ1) is 8.81. The molecule has 0 aliphatic rings. The van der Waals surface area contributed by atoms with Gasteiger partial charge in [0.1, 0.15) is 0 Å². The Morgan fingerprint density at radius 2 is 1.77 bits per heavy atom. The van der Waals surface area contributed by atoms with Crippen LogP contribution in [0.3, 0.4) is 0 Å². The molecule has 2 aromatic rings. The maximum atomic E-state index is 5.47. The number of benzene rings is 1. The minimum atomic E-state index is 1.15. The molecule has 3 heteroatoms. The van der Waals surface area contributed by atoms with Crippen molar-refractivity contribution in [2.75, 3.05) is 0 Å². The van der Waals surface area contributed by atoms with Crippen molar-refractivity contribution >= 4 is 23.3 Å². The zero-order valence-electron chi connectivity index (χ0n) is 6.94. The van der Waals surface area contributed by atoms with Crippen LogP contribution in [0.4, 0.5) is 0 Å². The van der Waals surface area contributed by atoms with Crippen LogP contribution >= 0.6 is 23.3 Å². The highest BCUT2D eigenvalue weighted by molar-refractivity contribution is 7.99. The molecule has 0 spiro atoms. The summed E-state index contributed by atoms with van der Waals surface area (Å²) in [7, 11) is 0. The van der Waals surface area contributed by atoms with E-state index in [9.17, 15) is 0 Å². The van der Waals surface area contributed by atoms with Crippen LogP contribution in [0.25, 0.3) is 10.4 Å². The fourth-order valence-corrected chi connectivity index (χ4v) is 2.49. The van der Waals surface area contributed by atoms with Gasteiger partial charge in [0.2, 0.25) is 0 Å². The summed E-state index contributed by atoms with van der Waals surface area (Å²) < 4.78 is 1.15. The first-order valence-electron chi connectivity index (χ1n) is 3.92. The number of rotatable bonds is 2. The lowest BCUT2D eigenvalue weighted by molar-refractivity contribution is 1.69. The zero-order chi connectivity index (χ0) is 9.10. The van der Waals surface area contributed by atoms with Crippen LogP contribution in [0.2, 0.25) is 0 Å². The Morgan fingerprint density at radius 1 is 1.00 bits per heavy atom. The van der Waals surface area contributed by atoms with Gasteiger partial charge in [-0.1, -0.05) is 30.3 Å². The molecule has 1 nitrogen and oxygen atoms in total. The van der Waals surface area contributed by atoms with Crippen LogP contribution in [-0.4, -0.2) is 0 Å². The molecule has 2 rings (SSSR count). The molecule has 0 fully saturated rings. The number of hydrogen-bond acceptors (Lipinski definition) is 3. The summed E-state index contributed by atoms with van der Waals surface area (Å²) in [5.41, 5.74) is 1.26. The standard InChI is InChI=1S/C10H9NS2/c11-13-10-7-6-9(12-10)8-4-2-1-3-5-8/h1-7H,11H2. The summed E-state index contributed by atoms with van der Waals surface area (Å²) in [6.45, 7) is 0. The van der Waals surface area contributed by atoms with Gasteiger partial charge in [-0.3, -0.25) is 5.14 Å². The summed E-state index contributed by atoms with van der Waals surface area (Å²) >= 11 is 3.03. The van der Waals surface area contributed by atoms with Crippen molar-refractivity contribution in [3.8, 4) is 10.4 Å². The number of nitrogens with two attached hydrogens (primary N) is 1. The van der Waals surface area contributed by atoms with Crippen molar-refractivity contribution in [2.45, 2.75) is 4.21 Å². The average Bonchev–Trinajstić information content (AvgIpc) is 2.67. The third kappa shape index (κ3) is 1.94. The quantitative estimate of drug-likeness (QED) is 0.764. The Morgan fingerprint density at radius 3 is 2.38 bits per heavy atom. The van der Waals surface area contributed by atoms with Crippen LogP contribution in [-0.2, 0) is 0 Å². The van der Waals surface area contributed by atoms with Crippen molar-refractivity contribution in [2.24, 2.45) is 5.14 Å². The van der Waals surface area contributed by atoms with Gasteiger partial charge >= 0.3 is 0 Å². The van der Waals surface area contributed by atoms with Crippen molar-refractivity contribution in [3.05, 3.63) is 42.5 Å². The molecule has 0 aliphatic carbocycles. The highest BCUT2D eigenvalue weighted by atomic mass is 32.2. The van der Waals surface area contributed by atoms with Gasteiger partial charge in [0.05, 0.1) is 4.21 Å². The average molecular weight is 207 g/mol. The minimum Gasteiger partial charge on any atom is -0.273 e. The second-order valence-electron chi connectivity index (χ2n) is 2.60. The Kier molecular flexibility index (Phi) is 2.68. The third-order valence-electron chi connectivity index (χ3n) is 1.76. The van der Waals surface area contributed by atoms with Gasteiger partial charge < -0.3 is 0 Å². The monoisotopic (exact) mass is 207 g/mol. The molecule has 1 heterocycles. The Hall–Kier alpha value is -0.770. The maximum Gasteiger partial charge on any atom is 0.0755 e. The lowest BCUT2D eigenvalue weighted by atomic mass is 10.2. The molecular weight excluding hydrogens is 198 g/mol. The summed E-state index contributed by atoms with van der Waals surface area (Å²) in [6, 6.07) is 14.5. The highest BCUT2D eigenvalue weighted by Crippen LogP contribution is 2.31. The molecule has 0 saturated carbocycles. The maximum absolute atomic E-state index is 5.47. The molecule has 1 aromatic carbocycles. The predicted molar refractivity (Wildman–Crippen MR) is 59.8 cm³/mol. The fourth-order valence-electron chi connectivity index (χ4n) is 1.14. The van der Waals surface area contributed by atoms with E-state index in [4.69, 9.17) is 5.14 Å². The Bertz CT molecular complexity index is 381. The second-order valence-corrected chi connectivity index (χ2v) is 4.62. The summed E-state index contributed by atoms with van der Waals surface area (Å²) in [4.78, 5) is 1.27. The van der Waals surface area contributed by atoms with Gasteiger partial charge in [-0.05, 0) is 29.6 Å². The SMILES string of the molecule is NSc1ccc(-c2ccccc2)s1. The molecule has 0 radical (unpaired) electrons. The summed E-state index contributed by atoms with van der Waals surface area (Å²) in [6.07, 6.45) is 0. The molecule has 1 aromatic heterocycles. The van der Waals surface area contributed by atoms with Crippen LogP contribution < -0.4 is 5.14 Å². The van der Waals surface area contributed by atoms with E-state index in [0.29, 0.717) is 0 Å². The van der Waals surface area contributed by atoms with Crippen LogP contribution in [0.15, 0.2) is 46.7 Å². The smallest absolute Gasteiger partial charge is 0.0755 e. The van der Waals surface area contributed by atoms with Gasteiger partial charge in [-0.25, -0.2) is 0 Å². The van der Waals surface area contributed by atoms with Crippen LogP contribution in [0.5, 0.6) is 0 Å². The van der Waals surface area contributed by atoms with E-state index in [1.165, 1.54) is 22.4 Å². The third-order valence-corrected chi connectivity index (χ3v) is 3.59. The molecule has 0 amide bonds. The molecule has 0 unspecified atom stereocenters. The molecule has 0 saturated heterocycles. The second kappa shape index (κ2) is 3.96. The minimum absolute atomic E-state index is 1.15. The predicted octanol–water partition coefficient (Wildman–Crippen LogP) is 3.38. The molecule has 13 heavy (non-hydrogen) atoms. The van der Waals surface area contributed by atoms with Crippen molar-refractivity contribution < 1.29 is 0 Å². The number of thiophene rings is 1. The first-order valence-corrected chi connectivity index (χ1v) is 5.62. The van der Waals surface area contributed by atoms with E-state index in [0.717, 1.165) is 4.21 Å². The largest absolute Gasteiger partial charge is 0.273 e. The van der Waals surface area contributed by atoms with Gasteiger partial charge in [0.25, 0.3) is 0 Å². The van der Waals surface area contributed by atoms with E-state index in [2.05, 4.69) is 24.3 Å². The molecular formula is C10H9NS2. The van der Waals surface area contributed by atoms with Gasteiger partial charge in [-0.15, -0.1) is 11.3 Å². The summed E-state index contributed by atoms with van der Waals surface area (Å²) in [5.74, 6) is 0. The van der Waals surface area contributed by atoms with Crippen LogP contribution in [0, 0.1) is 0 Å². The molecule has 0 bridgehead atoms. The topological polar surface area (TPSA) is 26.0 Å². The Labute approximate surface area is 85.7 Å². The molecule has 0 aliphatic heterocycles. The van der Waals surface area contributed by atoms with Gasteiger partial charge in [-0.2, -0.15) is 0 Å². The first-order chi connectivity index (χ1) is 6.40. The van der Waals surface area contributed by atoms with E-state index >= 15 is 0 Å². The number of hydrogen-bond donors (Lipinski definition) is 1. The highest BCUT2D eigenvalue weighted by Gasteiger charge is 2.00. The Balaban J connectivity index is 2.36. The normalized spacial score (nSPS) is 10.2. The fraction of sp³-hybridized carbons (Fsp3) is 0. The molecule has 66 valence electrons. The van der Waals surface area contributed by atoms with E-state index < -0.39 is 0 Å². The van der Waals surface area contributed by atoms with Gasteiger partial charge in [0.15, 0.2) is 0 Å². The molecule has 2 N–H and O–H groups in total.